The summed E-state index contributed by atoms with van der Waals surface area (Å²) in [5.41, 5.74) is 0.858. The quantitative estimate of drug-likeness (QED) is 0.437. The molecule has 1 rings (SSSR count). The molecule has 0 saturated carbocycles. The summed E-state index contributed by atoms with van der Waals surface area (Å²) >= 11 is 0. The molecule has 0 aromatic heterocycles. The zero-order valence-corrected chi connectivity index (χ0v) is 12.3. The molecule has 0 aliphatic carbocycles. The lowest BCUT2D eigenvalue weighted by molar-refractivity contribution is 0.145. The molecule has 0 unspecified atom stereocenters. The minimum atomic E-state index is -0.229. The van der Waals surface area contributed by atoms with Crippen molar-refractivity contribution in [2.24, 2.45) is 4.99 Å². The summed E-state index contributed by atoms with van der Waals surface area (Å²) in [7, 11) is 0. The second-order valence-electron chi connectivity index (χ2n) is 4.30. The van der Waals surface area contributed by atoms with Gasteiger partial charge in [0.2, 0.25) is 0 Å². The summed E-state index contributed by atoms with van der Waals surface area (Å²) < 4.78 is 18.3. The Balaban J connectivity index is 2.41. The van der Waals surface area contributed by atoms with Gasteiger partial charge in [-0.25, -0.2) is 9.38 Å². The highest BCUT2D eigenvalue weighted by molar-refractivity contribution is 5.79. The molecular weight excluding hydrogens is 257 g/mol. The molecule has 0 spiro atoms. The Morgan fingerprint density at radius 3 is 2.85 bits per heavy atom. The fourth-order valence-electron chi connectivity index (χ4n) is 1.67. The minimum absolute atomic E-state index is 0.229. The van der Waals surface area contributed by atoms with Crippen molar-refractivity contribution in [3.63, 3.8) is 0 Å². The van der Waals surface area contributed by atoms with Gasteiger partial charge in [0, 0.05) is 26.3 Å². The third-order valence-corrected chi connectivity index (χ3v) is 2.62. The second kappa shape index (κ2) is 10.2. The lowest BCUT2D eigenvalue weighted by atomic mass is 10.2. The first kappa shape index (κ1) is 16.4. The summed E-state index contributed by atoms with van der Waals surface area (Å²) in [6.45, 7) is 7.53. The third-order valence-electron chi connectivity index (χ3n) is 2.62. The highest BCUT2D eigenvalue weighted by Gasteiger charge is 1.98. The summed E-state index contributed by atoms with van der Waals surface area (Å²) in [5.74, 6) is 0.514. The van der Waals surface area contributed by atoms with E-state index in [4.69, 9.17) is 4.74 Å². The Kier molecular flexibility index (Phi) is 8.38. The average molecular weight is 281 g/mol. The van der Waals surface area contributed by atoms with Crippen LogP contribution in [0.5, 0.6) is 0 Å². The summed E-state index contributed by atoms with van der Waals surface area (Å²) in [6.07, 6.45) is 0.929. The summed E-state index contributed by atoms with van der Waals surface area (Å²) in [4.78, 5) is 4.43. The van der Waals surface area contributed by atoms with Crippen LogP contribution in [0, 0.1) is 5.82 Å². The van der Waals surface area contributed by atoms with Crippen molar-refractivity contribution < 1.29 is 9.13 Å². The first-order valence-electron chi connectivity index (χ1n) is 7.10. The predicted octanol–water partition coefficient (Wildman–Crippen LogP) is 2.31. The Labute approximate surface area is 120 Å². The van der Waals surface area contributed by atoms with Crippen LogP contribution in [0.2, 0.25) is 0 Å². The molecule has 1 aromatic carbocycles. The van der Waals surface area contributed by atoms with Gasteiger partial charge in [0.05, 0.1) is 6.54 Å². The van der Waals surface area contributed by atoms with Gasteiger partial charge in [-0.15, -0.1) is 0 Å². The van der Waals surface area contributed by atoms with E-state index in [1.165, 1.54) is 12.1 Å². The van der Waals surface area contributed by atoms with Crippen LogP contribution in [0.25, 0.3) is 0 Å². The van der Waals surface area contributed by atoms with E-state index >= 15 is 0 Å². The first-order valence-corrected chi connectivity index (χ1v) is 7.10. The maximum Gasteiger partial charge on any atom is 0.191 e. The topological polar surface area (TPSA) is 45.7 Å². The summed E-state index contributed by atoms with van der Waals surface area (Å²) in [6, 6.07) is 6.50. The lowest BCUT2D eigenvalue weighted by Crippen LogP contribution is -2.38. The molecule has 4 nitrogen and oxygen atoms in total. The fourth-order valence-corrected chi connectivity index (χ4v) is 1.67. The number of rotatable bonds is 8. The zero-order valence-electron chi connectivity index (χ0n) is 12.3. The number of hydrogen-bond acceptors (Lipinski definition) is 2. The van der Waals surface area contributed by atoms with Crippen LogP contribution < -0.4 is 10.6 Å². The van der Waals surface area contributed by atoms with Gasteiger partial charge in [-0.05, 0) is 38.0 Å². The number of nitrogens with one attached hydrogen (secondary N) is 2. The van der Waals surface area contributed by atoms with E-state index in [1.807, 2.05) is 19.9 Å². The number of nitrogens with zero attached hydrogens (tertiary/aromatic N) is 1. The number of aliphatic imine (C=N–C) groups is 1. The van der Waals surface area contributed by atoms with Crippen LogP contribution in [0.4, 0.5) is 4.39 Å². The smallest absolute Gasteiger partial charge is 0.191 e. The number of halogens is 1. The molecular formula is C15H24FN3O. The molecule has 2 N–H and O–H groups in total. The SMILES string of the molecule is CCNC(=NCc1cccc(F)c1)NCCCOCC. The van der Waals surface area contributed by atoms with Crippen molar-refractivity contribution in [1.29, 1.82) is 0 Å². The van der Waals surface area contributed by atoms with Crippen molar-refractivity contribution in [3.8, 4) is 0 Å². The normalized spacial score (nSPS) is 11.4. The van der Waals surface area contributed by atoms with E-state index in [9.17, 15) is 4.39 Å². The van der Waals surface area contributed by atoms with E-state index in [-0.39, 0.29) is 5.82 Å². The Hall–Kier alpha value is -1.62. The zero-order chi connectivity index (χ0) is 14.6. The van der Waals surface area contributed by atoms with Gasteiger partial charge in [0.15, 0.2) is 5.96 Å². The van der Waals surface area contributed by atoms with Crippen molar-refractivity contribution in [1.82, 2.24) is 10.6 Å². The van der Waals surface area contributed by atoms with Crippen LogP contribution in [0.1, 0.15) is 25.8 Å². The van der Waals surface area contributed by atoms with Crippen LogP contribution >= 0.6 is 0 Å². The lowest BCUT2D eigenvalue weighted by Gasteiger charge is -2.11. The monoisotopic (exact) mass is 281 g/mol. The van der Waals surface area contributed by atoms with Crippen LogP contribution in [0.15, 0.2) is 29.3 Å². The van der Waals surface area contributed by atoms with Gasteiger partial charge in [-0.2, -0.15) is 0 Å². The van der Waals surface area contributed by atoms with E-state index in [2.05, 4.69) is 15.6 Å². The van der Waals surface area contributed by atoms with Gasteiger partial charge in [-0.3, -0.25) is 0 Å². The Morgan fingerprint density at radius 1 is 1.30 bits per heavy atom. The number of ether oxygens (including phenoxy) is 1. The molecule has 0 bridgehead atoms. The number of hydrogen-bond donors (Lipinski definition) is 2. The standard InChI is InChI=1S/C15H24FN3O/c1-3-17-15(18-9-6-10-20-4-2)19-12-13-7-5-8-14(16)11-13/h5,7-8,11H,3-4,6,9-10,12H2,1-2H3,(H2,17,18,19). The largest absolute Gasteiger partial charge is 0.382 e. The number of guanidine groups is 1. The third kappa shape index (κ3) is 7.09. The van der Waals surface area contributed by atoms with E-state index in [1.54, 1.807) is 6.07 Å². The van der Waals surface area contributed by atoms with Crippen molar-refractivity contribution >= 4 is 5.96 Å². The molecule has 1 aromatic rings. The average Bonchev–Trinajstić information content (AvgIpc) is 2.44. The van der Waals surface area contributed by atoms with Gasteiger partial charge < -0.3 is 15.4 Å². The van der Waals surface area contributed by atoms with Crippen LogP contribution in [-0.4, -0.2) is 32.3 Å². The van der Waals surface area contributed by atoms with E-state index in [0.29, 0.717) is 6.54 Å². The highest BCUT2D eigenvalue weighted by Crippen LogP contribution is 2.04. The molecule has 0 aliphatic rings. The maximum absolute atomic E-state index is 13.1. The van der Waals surface area contributed by atoms with E-state index in [0.717, 1.165) is 44.2 Å². The van der Waals surface area contributed by atoms with Gasteiger partial charge >= 0.3 is 0 Å². The molecule has 0 radical (unpaired) electrons. The Bertz CT molecular complexity index is 410. The first-order chi connectivity index (χ1) is 9.76. The molecule has 0 atom stereocenters. The minimum Gasteiger partial charge on any atom is -0.382 e. The molecule has 112 valence electrons. The molecule has 0 saturated heterocycles. The van der Waals surface area contributed by atoms with Gasteiger partial charge in [-0.1, -0.05) is 12.1 Å². The highest BCUT2D eigenvalue weighted by atomic mass is 19.1. The van der Waals surface area contributed by atoms with Crippen molar-refractivity contribution in [3.05, 3.63) is 35.6 Å². The fraction of sp³-hybridized carbons (Fsp3) is 0.533. The maximum atomic E-state index is 13.1. The second-order valence-corrected chi connectivity index (χ2v) is 4.30. The van der Waals surface area contributed by atoms with Crippen molar-refractivity contribution in [2.75, 3.05) is 26.3 Å². The van der Waals surface area contributed by atoms with Gasteiger partial charge in [0.25, 0.3) is 0 Å². The van der Waals surface area contributed by atoms with Crippen molar-refractivity contribution in [2.45, 2.75) is 26.8 Å². The number of benzene rings is 1. The van der Waals surface area contributed by atoms with E-state index < -0.39 is 0 Å². The molecule has 20 heavy (non-hydrogen) atoms. The molecule has 5 heteroatoms. The molecule has 0 fully saturated rings. The molecule has 0 amide bonds. The predicted molar refractivity (Wildman–Crippen MR) is 80.3 cm³/mol. The van der Waals surface area contributed by atoms with Crippen LogP contribution in [-0.2, 0) is 11.3 Å². The van der Waals surface area contributed by atoms with Crippen LogP contribution in [0.3, 0.4) is 0 Å². The Morgan fingerprint density at radius 2 is 2.15 bits per heavy atom. The molecule has 0 heterocycles. The van der Waals surface area contributed by atoms with Gasteiger partial charge in [0.1, 0.15) is 5.82 Å². The molecule has 0 aliphatic heterocycles. The summed E-state index contributed by atoms with van der Waals surface area (Å²) in [5, 5.41) is 6.39.